The van der Waals surface area contributed by atoms with E-state index in [1.807, 2.05) is 273 Å². The van der Waals surface area contributed by atoms with Crippen LogP contribution in [-0.4, -0.2) is 110 Å². The van der Waals surface area contributed by atoms with E-state index < -0.39 is 74.2 Å². The van der Waals surface area contributed by atoms with Gasteiger partial charge in [0.15, 0.2) is 0 Å². The van der Waals surface area contributed by atoms with E-state index in [-0.39, 0.29) is 30.8 Å². The molecule has 0 aliphatic heterocycles. The quantitative estimate of drug-likeness (QED) is 0.0208. The fourth-order valence-electron chi connectivity index (χ4n) is 12.6. The summed E-state index contributed by atoms with van der Waals surface area (Å²) in [5.74, 6) is -3.71. The molecule has 582 valence electrons. The summed E-state index contributed by atoms with van der Waals surface area (Å²) in [5, 5.41) is 22.5. The number of carbonyl (C=O) groups is 10. The van der Waals surface area contributed by atoms with Crippen LogP contribution >= 0.6 is 57.3 Å². The molecule has 0 aliphatic rings. The molecule has 13 amide bonds. The van der Waals surface area contributed by atoms with E-state index in [9.17, 15) is 47.9 Å². The third-order valence-electron chi connectivity index (χ3n) is 17.3. The van der Waals surface area contributed by atoms with Crippen molar-refractivity contribution >= 4 is 196 Å². The normalized spacial score (nSPS) is 10.5. The minimum Gasteiger partial charge on any atom is -0.351 e. The zero-order chi connectivity index (χ0) is 83.0. The predicted molar refractivity (Wildman–Crippen MR) is 483 cm³/mol. The molecule has 12 rings (SSSR count). The van der Waals surface area contributed by atoms with Crippen molar-refractivity contribution in [1.82, 2.24) is 36.8 Å². The lowest BCUT2D eigenvalue weighted by Crippen LogP contribution is -2.49. The maximum atomic E-state index is 13.8. The number of carbonyl (C=O) groups excluding carboxylic acids is 10. The van der Waals surface area contributed by atoms with Gasteiger partial charge in [-0.05, 0) is 105 Å². The van der Waals surface area contributed by atoms with Crippen LogP contribution in [0.2, 0.25) is 0 Å². The molecule has 0 aromatic heterocycles. The molecular weight excluding hydrogens is 1570 g/mol. The van der Waals surface area contributed by atoms with Crippen LogP contribution in [0, 0.1) is 0 Å². The van der Waals surface area contributed by atoms with Gasteiger partial charge in [0.05, 0.1) is 15.9 Å². The van der Waals surface area contributed by atoms with Gasteiger partial charge in [-0.1, -0.05) is 364 Å². The third kappa shape index (κ3) is 21.2. The molecule has 0 saturated heterocycles. The molecule has 12 aromatic rings. The smallest absolute Gasteiger partial charge is 0.319 e. The lowest BCUT2D eigenvalue weighted by molar-refractivity contribution is -0.116. The number of hydrogen-bond acceptors (Lipinski definition) is 13. The average molecular weight is 1650 g/mol. The Labute approximate surface area is 687 Å². The third-order valence-corrected chi connectivity index (χ3v) is 31.6. The molecule has 12 N–H and O–H groups in total. The number of primary amides is 3. The number of benzene rings is 12. The first-order valence-corrected chi connectivity index (χ1v) is 42.2. The van der Waals surface area contributed by atoms with E-state index >= 15 is 0 Å². The zero-order valence-corrected chi connectivity index (χ0v) is 67.7. The molecule has 26 heteroatoms. The van der Waals surface area contributed by atoms with Gasteiger partial charge in [-0.25, -0.2) is 14.4 Å². The summed E-state index contributed by atoms with van der Waals surface area (Å²) >= 11 is 17.3. The molecule has 0 unspecified atom stereocenters. The van der Waals surface area contributed by atoms with Crippen LogP contribution in [0.25, 0.3) is 0 Å². The molecule has 0 spiro atoms. The molecule has 0 heterocycles. The van der Waals surface area contributed by atoms with Crippen molar-refractivity contribution in [3.8, 4) is 0 Å². The van der Waals surface area contributed by atoms with Crippen LogP contribution in [0.5, 0.6) is 0 Å². The first-order valence-electron chi connectivity index (χ1n) is 35.6. The Morgan fingerprint density at radius 1 is 0.250 bits per heavy atom. The van der Waals surface area contributed by atoms with Gasteiger partial charge in [0, 0.05) is 30.8 Å². The summed E-state index contributed by atoms with van der Waals surface area (Å²) in [6, 6.07) is 108. The van der Waals surface area contributed by atoms with Gasteiger partial charge in [0.25, 0.3) is 35.4 Å². The summed E-state index contributed by atoms with van der Waals surface area (Å²) in [7, 11) is 3.38. The molecule has 12 aromatic carbocycles. The van der Waals surface area contributed by atoms with Gasteiger partial charge in [0.1, 0.15) is 15.0 Å². The van der Waals surface area contributed by atoms with Crippen molar-refractivity contribution in [3.63, 3.8) is 0 Å². The van der Waals surface area contributed by atoms with Crippen LogP contribution in [0.15, 0.2) is 364 Å². The van der Waals surface area contributed by atoms with Crippen molar-refractivity contribution in [2.45, 2.75) is 0 Å². The second-order valence-corrected chi connectivity index (χ2v) is 36.3. The van der Waals surface area contributed by atoms with Crippen LogP contribution in [0.4, 0.5) is 14.4 Å². The minimum absolute atomic E-state index is 0.0857. The van der Waals surface area contributed by atoms with Crippen LogP contribution in [0.1, 0.15) is 31.1 Å². The monoisotopic (exact) mass is 1650 g/mol. The number of hydrogen-bond donors (Lipinski definition) is 9. The van der Waals surface area contributed by atoms with E-state index in [4.69, 9.17) is 53.9 Å². The highest BCUT2D eigenvalue weighted by Gasteiger charge is 2.40. The number of nitrogens with two attached hydrogens (primary N) is 3. The van der Waals surface area contributed by atoms with Gasteiger partial charge in [0.2, 0.25) is 6.41 Å². The molecular formula is C90H79N10O10P3S3. The summed E-state index contributed by atoms with van der Waals surface area (Å²) < 4.78 is 0. The number of urea groups is 3. The Kier molecular flexibility index (Phi) is 31.6. The molecule has 0 bridgehead atoms. The van der Waals surface area contributed by atoms with E-state index in [0.29, 0.717) is 16.7 Å². The highest BCUT2D eigenvalue weighted by atomic mass is 32.1. The highest BCUT2D eigenvalue weighted by molar-refractivity contribution is 8.01. The topological polar surface area (TPSA) is 324 Å². The van der Waals surface area contributed by atoms with Crippen molar-refractivity contribution in [2.75, 3.05) is 14.1 Å². The molecule has 116 heavy (non-hydrogen) atoms. The SMILES string of the molecule is CN(C)C=O.NC(=O)NC(=O)C(C(=S)NC(=O)c1ccccc1)=P(c1ccccc1)(c1ccccc1)c1ccccc1.NC(=O)NC(=O)C(C(=S)NC(=O)c1ccccc1)=P(c1ccccc1)(c1ccccc1)c1ccccc1.NC(=O)NC(=O)C(C(=S)NC(=O)c1ccccc1)=P(c1ccccc1)(c1ccccc1)c1ccccc1. The van der Waals surface area contributed by atoms with Crippen molar-refractivity contribution in [2.24, 2.45) is 17.2 Å². The number of thiocarbonyl (C=S) groups is 3. The fourth-order valence-corrected chi connectivity index (χ4v) is 27.1. The number of nitrogens with zero attached hydrogens (tertiary/aromatic N) is 1. The summed E-state index contributed by atoms with van der Waals surface area (Å²) in [4.78, 5) is 127. The summed E-state index contributed by atoms with van der Waals surface area (Å²) in [6.45, 7) is -9.12. The van der Waals surface area contributed by atoms with Gasteiger partial charge < -0.3 is 38.1 Å². The summed E-state index contributed by atoms with van der Waals surface area (Å²) in [6.07, 6.45) is 0.750. The van der Waals surface area contributed by atoms with Crippen molar-refractivity contribution in [1.29, 1.82) is 0 Å². The molecule has 20 nitrogen and oxygen atoms in total. The van der Waals surface area contributed by atoms with Gasteiger partial charge in [-0.3, -0.25) is 49.5 Å². The Hall–Kier alpha value is -13.5. The number of rotatable bonds is 19. The van der Waals surface area contributed by atoms with E-state index in [1.54, 1.807) is 105 Å². The van der Waals surface area contributed by atoms with Crippen molar-refractivity contribution in [3.05, 3.63) is 381 Å². The maximum absolute atomic E-state index is 13.8. The first kappa shape index (κ1) is 86.5. The Morgan fingerprint density at radius 2 is 0.379 bits per heavy atom. The molecule has 0 aliphatic carbocycles. The molecule has 0 atom stereocenters. The maximum Gasteiger partial charge on any atom is 0.319 e. The van der Waals surface area contributed by atoms with E-state index in [1.165, 1.54) is 4.90 Å². The molecule has 0 fully saturated rings. The van der Waals surface area contributed by atoms with E-state index in [2.05, 4.69) is 31.9 Å². The van der Waals surface area contributed by atoms with Crippen LogP contribution in [-0.2, 0) is 19.2 Å². The Bertz CT molecular complexity index is 4840. The molecule has 0 radical (unpaired) electrons. The van der Waals surface area contributed by atoms with Gasteiger partial charge in [-0.15, -0.1) is 0 Å². The highest BCUT2D eigenvalue weighted by Crippen LogP contribution is 2.49. The Morgan fingerprint density at radius 3 is 0.500 bits per heavy atom. The second kappa shape index (κ2) is 42.4. The predicted octanol–water partition coefficient (Wildman–Crippen LogP) is 9.02. The lowest BCUT2D eigenvalue weighted by Gasteiger charge is -2.32. The fraction of sp³-hybridized carbons (Fsp3) is 0.0222. The lowest BCUT2D eigenvalue weighted by atomic mass is 10.2. The number of nitrogens with one attached hydrogen (secondary N) is 6. The van der Waals surface area contributed by atoms with Crippen molar-refractivity contribution < 1.29 is 47.9 Å². The van der Waals surface area contributed by atoms with Gasteiger partial charge >= 0.3 is 18.1 Å². The number of amides is 13. The zero-order valence-electron chi connectivity index (χ0n) is 62.5. The summed E-state index contributed by atoms with van der Waals surface area (Å²) in [5.41, 5.74) is 17.3. The Balaban J connectivity index is 0.000000193. The van der Waals surface area contributed by atoms with E-state index in [0.717, 1.165) is 54.2 Å². The first-order chi connectivity index (χ1) is 56.1. The molecule has 0 saturated carbocycles. The second-order valence-electron chi connectivity index (χ2n) is 25.1. The van der Waals surface area contributed by atoms with Crippen LogP contribution < -0.4 is 96.8 Å². The minimum atomic E-state index is -3.04. The largest absolute Gasteiger partial charge is 0.351 e. The number of imide groups is 3. The van der Waals surface area contributed by atoms with Crippen LogP contribution in [0.3, 0.4) is 0 Å². The standard InChI is InChI=1S/3C29H24N3O3PS.C3H7NO/c3*30-29(35)32-27(34)25(28(37)31-26(33)21-13-5-1-6-14-21)36(22-15-7-2-8-16-22,23-17-9-3-10-18-23)24-19-11-4-12-20-24;1-4(2)3-5/h3*1-20H,(H,31,33,37)(H3,30,32,34,35);3H,1-2H3. The average Bonchev–Trinajstić information content (AvgIpc) is 0.740. The van der Waals surface area contributed by atoms with Gasteiger partial charge in [-0.2, -0.15) is 0 Å².